The van der Waals surface area contributed by atoms with E-state index in [1.165, 1.54) is 37.7 Å². The smallest absolute Gasteiger partial charge is 0.0544 e. The molecule has 0 heterocycles. The Morgan fingerprint density at radius 3 is 2.38 bits per heavy atom. The van der Waals surface area contributed by atoms with Crippen LogP contribution in [-0.4, -0.2) is 37.0 Å². The highest BCUT2D eigenvalue weighted by atomic mass is 16.3. The van der Waals surface area contributed by atoms with Crippen LogP contribution in [0.2, 0.25) is 0 Å². The van der Waals surface area contributed by atoms with Crippen molar-refractivity contribution in [2.75, 3.05) is 20.7 Å². The minimum atomic E-state index is -0.199. The zero-order chi connectivity index (χ0) is 18.0. The van der Waals surface area contributed by atoms with Crippen molar-refractivity contribution < 1.29 is 10.2 Å². The van der Waals surface area contributed by atoms with E-state index in [-0.39, 0.29) is 24.0 Å². The largest absolute Gasteiger partial charge is 0.396 e. The van der Waals surface area contributed by atoms with Gasteiger partial charge in [-0.1, -0.05) is 26.0 Å². The highest BCUT2D eigenvalue weighted by molar-refractivity contribution is 5.19. The van der Waals surface area contributed by atoms with E-state index in [0.29, 0.717) is 11.3 Å². The maximum atomic E-state index is 9.94. The van der Waals surface area contributed by atoms with E-state index in [0.717, 1.165) is 25.2 Å². The Morgan fingerprint density at radius 1 is 1.08 bits per heavy atom. The quantitative estimate of drug-likeness (QED) is 0.673. The summed E-state index contributed by atoms with van der Waals surface area (Å²) in [6, 6.07) is 0. The van der Waals surface area contributed by atoms with Crippen LogP contribution in [0.15, 0.2) is 12.2 Å². The van der Waals surface area contributed by atoms with Crippen LogP contribution in [0.5, 0.6) is 0 Å². The number of nitrogens with one attached hydrogen (secondary N) is 1. The van der Waals surface area contributed by atoms with Crippen molar-refractivity contribution in [3.05, 3.63) is 12.2 Å². The lowest BCUT2D eigenvalue weighted by molar-refractivity contribution is -0.0661. The summed E-state index contributed by atoms with van der Waals surface area (Å²) in [5.41, 5.74) is 2.09. The molecule has 0 radical (unpaired) electrons. The number of aliphatic hydroxyl groups excluding tert-OH is 2. The van der Waals surface area contributed by atoms with E-state index in [2.05, 4.69) is 25.7 Å². The van der Waals surface area contributed by atoms with Crippen LogP contribution in [0.1, 0.15) is 65.2 Å². The third kappa shape index (κ3) is 3.59. The van der Waals surface area contributed by atoms with Gasteiger partial charge in [-0.2, -0.15) is 0 Å². The van der Waals surface area contributed by atoms with Crippen LogP contribution in [0.4, 0.5) is 0 Å². The molecule has 3 fully saturated rings. The number of hydrogen-bond acceptors (Lipinski definition) is 3. The molecule has 0 amide bonds. The van der Waals surface area contributed by atoms with Gasteiger partial charge in [-0.15, -0.1) is 0 Å². The molecule has 6 unspecified atom stereocenters. The number of rotatable bonds is 2. The van der Waals surface area contributed by atoms with Crippen LogP contribution < -0.4 is 5.32 Å². The summed E-state index contributed by atoms with van der Waals surface area (Å²) < 4.78 is 0. The third-order valence-corrected chi connectivity index (χ3v) is 7.74. The van der Waals surface area contributed by atoms with Gasteiger partial charge in [0, 0.05) is 6.61 Å². The second-order valence-electron chi connectivity index (χ2n) is 9.04. The lowest BCUT2D eigenvalue weighted by Crippen LogP contribution is -2.46. The summed E-state index contributed by atoms with van der Waals surface area (Å²) in [7, 11) is 3.75. The number of aliphatic hydroxyl groups is 2. The van der Waals surface area contributed by atoms with E-state index < -0.39 is 0 Å². The Morgan fingerprint density at radius 2 is 1.75 bits per heavy atom. The standard InChI is InChI=1S/C19H32O2.C2H7N/c1-13-4-5-14-10-15(6-8-18(13,14)2)19(3)9-7-17(21)11-16(19)12-20;1-3-2/h14-17,20-21H,1,4-12H2,2-3H3;3H,1-2H3. The molecule has 0 aromatic rings. The van der Waals surface area contributed by atoms with Gasteiger partial charge in [0.05, 0.1) is 6.10 Å². The van der Waals surface area contributed by atoms with Gasteiger partial charge >= 0.3 is 0 Å². The molecule has 140 valence electrons. The van der Waals surface area contributed by atoms with E-state index in [1.54, 1.807) is 0 Å². The fourth-order valence-corrected chi connectivity index (χ4v) is 5.75. The number of allylic oxidation sites excluding steroid dienone is 1. The van der Waals surface area contributed by atoms with Crippen LogP contribution in [0.3, 0.4) is 0 Å². The van der Waals surface area contributed by atoms with Crippen molar-refractivity contribution in [2.24, 2.45) is 28.6 Å². The van der Waals surface area contributed by atoms with Crippen LogP contribution in [-0.2, 0) is 0 Å². The minimum Gasteiger partial charge on any atom is -0.396 e. The molecular weight excluding hydrogens is 298 g/mol. The first kappa shape index (κ1) is 19.9. The third-order valence-electron chi connectivity index (χ3n) is 7.74. The van der Waals surface area contributed by atoms with Gasteiger partial charge in [0.1, 0.15) is 0 Å². The maximum absolute atomic E-state index is 9.94. The molecule has 3 N–H and O–H groups in total. The summed E-state index contributed by atoms with van der Waals surface area (Å²) in [5.74, 6) is 1.79. The van der Waals surface area contributed by atoms with Crippen molar-refractivity contribution in [3.8, 4) is 0 Å². The Balaban J connectivity index is 0.000000647. The van der Waals surface area contributed by atoms with Gasteiger partial charge in [-0.05, 0) is 94.0 Å². The van der Waals surface area contributed by atoms with Crippen molar-refractivity contribution in [2.45, 2.75) is 71.3 Å². The van der Waals surface area contributed by atoms with Crippen molar-refractivity contribution in [1.29, 1.82) is 0 Å². The Hall–Kier alpha value is -0.380. The second-order valence-corrected chi connectivity index (χ2v) is 9.04. The predicted octanol–water partition coefficient (Wildman–Crippen LogP) is 3.75. The number of fused-ring (bicyclic) bond motifs is 1. The second kappa shape index (κ2) is 7.88. The average molecular weight is 338 g/mol. The molecule has 0 aromatic carbocycles. The fraction of sp³-hybridized carbons (Fsp3) is 0.905. The average Bonchev–Trinajstić information content (AvgIpc) is 2.85. The summed E-state index contributed by atoms with van der Waals surface area (Å²) in [6.45, 7) is 9.38. The van der Waals surface area contributed by atoms with E-state index in [4.69, 9.17) is 0 Å². The van der Waals surface area contributed by atoms with Crippen LogP contribution in [0, 0.1) is 28.6 Å². The molecular formula is C21H39NO2. The van der Waals surface area contributed by atoms with E-state index in [9.17, 15) is 10.2 Å². The minimum absolute atomic E-state index is 0.199. The molecule has 24 heavy (non-hydrogen) atoms. The Labute approximate surface area is 148 Å². The zero-order valence-electron chi connectivity index (χ0n) is 16.3. The molecule has 0 bridgehead atoms. The van der Waals surface area contributed by atoms with E-state index in [1.807, 2.05) is 14.1 Å². The monoisotopic (exact) mass is 337 g/mol. The molecule has 6 atom stereocenters. The van der Waals surface area contributed by atoms with Gasteiger partial charge < -0.3 is 15.5 Å². The summed E-state index contributed by atoms with van der Waals surface area (Å²) >= 11 is 0. The first-order valence-electron chi connectivity index (χ1n) is 9.87. The summed E-state index contributed by atoms with van der Waals surface area (Å²) in [4.78, 5) is 0. The molecule has 3 rings (SSSR count). The molecule has 3 nitrogen and oxygen atoms in total. The fourth-order valence-electron chi connectivity index (χ4n) is 5.75. The first-order valence-corrected chi connectivity index (χ1v) is 9.87. The van der Waals surface area contributed by atoms with Gasteiger partial charge in [0.25, 0.3) is 0 Å². The summed E-state index contributed by atoms with van der Waals surface area (Å²) in [5, 5.41) is 22.5. The summed E-state index contributed by atoms with van der Waals surface area (Å²) in [6.07, 6.45) is 8.96. The van der Waals surface area contributed by atoms with Crippen molar-refractivity contribution in [3.63, 3.8) is 0 Å². The first-order chi connectivity index (χ1) is 11.3. The zero-order valence-corrected chi connectivity index (χ0v) is 16.3. The molecule has 3 heteroatoms. The Bertz CT molecular complexity index is 438. The molecule has 0 aromatic heterocycles. The topological polar surface area (TPSA) is 52.5 Å². The lowest BCUT2D eigenvalue weighted by Gasteiger charge is -2.52. The van der Waals surface area contributed by atoms with Gasteiger partial charge in [-0.3, -0.25) is 0 Å². The molecule has 3 aliphatic carbocycles. The predicted molar refractivity (Wildman–Crippen MR) is 101 cm³/mol. The van der Waals surface area contributed by atoms with Crippen LogP contribution >= 0.6 is 0 Å². The highest BCUT2D eigenvalue weighted by Crippen LogP contribution is 2.61. The van der Waals surface area contributed by atoms with E-state index >= 15 is 0 Å². The molecule has 3 aliphatic rings. The number of hydrogen-bond donors (Lipinski definition) is 3. The molecule has 0 spiro atoms. The SMILES string of the molecule is C=C1CCC2CC(C3(C)CCC(O)CC3CO)CCC12C.CNC. The molecule has 3 saturated carbocycles. The lowest BCUT2D eigenvalue weighted by atomic mass is 9.53. The molecule has 0 aliphatic heterocycles. The van der Waals surface area contributed by atoms with Crippen LogP contribution in [0.25, 0.3) is 0 Å². The van der Waals surface area contributed by atoms with Crippen molar-refractivity contribution in [1.82, 2.24) is 5.32 Å². The maximum Gasteiger partial charge on any atom is 0.0544 e. The Kier molecular flexibility index (Phi) is 6.55. The van der Waals surface area contributed by atoms with Gasteiger partial charge in [-0.25, -0.2) is 0 Å². The normalized spacial score (nSPS) is 45.3. The molecule has 0 saturated heterocycles. The van der Waals surface area contributed by atoms with Gasteiger partial charge in [0.15, 0.2) is 0 Å². The van der Waals surface area contributed by atoms with Gasteiger partial charge in [0.2, 0.25) is 0 Å². The highest BCUT2D eigenvalue weighted by Gasteiger charge is 2.51. The van der Waals surface area contributed by atoms with Crippen molar-refractivity contribution >= 4 is 0 Å².